The van der Waals surface area contributed by atoms with Gasteiger partial charge >= 0.3 is 6.18 Å². The number of fused-ring (bicyclic) bond motifs is 1. The minimum Gasteiger partial charge on any atom is -0.304 e. The normalized spacial score (nSPS) is 15.1. The number of hydrogen-bond acceptors (Lipinski definition) is 3. The maximum absolute atomic E-state index is 13.1. The third kappa shape index (κ3) is 3.37. The molecule has 1 aromatic carbocycles. The molecule has 3 aromatic rings. The van der Waals surface area contributed by atoms with Gasteiger partial charge in [0.1, 0.15) is 5.82 Å². The zero-order chi connectivity index (χ0) is 19.2. The van der Waals surface area contributed by atoms with Gasteiger partial charge < -0.3 is 4.57 Å². The highest BCUT2D eigenvalue weighted by Crippen LogP contribution is 2.34. The Bertz CT molecular complexity index is 970. The molecule has 0 radical (unpaired) electrons. The van der Waals surface area contributed by atoms with E-state index in [0.717, 1.165) is 22.6 Å². The Morgan fingerprint density at radius 2 is 2.04 bits per heavy atom. The highest BCUT2D eigenvalue weighted by Gasteiger charge is 2.39. The molecular formula is C19H20F3N5. The summed E-state index contributed by atoms with van der Waals surface area (Å²) >= 11 is 0. The van der Waals surface area contributed by atoms with E-state index >= 15 is 0 Å². The molecule has 142 valence electrons. The number of nitrogens with one attached hydrogen (secondary N) is 1. The molecule has 0 unspecified atom stereocenters. The van der Waals surface area contributed by atoms with E-state index in [2.05, 4.69) is 21.2 Å². The molecule has 0 aliphatic carbocycles. The molecule has 3 heterocycles. The second kappa shape index (κ2) is 6.53. The second-order valence-electron chi connectivity index (χ2n) is 6.94. The molecule has 5 nitrogen and oxygen atoms in total. The Morgan fingerprint density at radius 3 is 2.70 bits per heavy atom. The van der Waals surface area contributed by atoms with Crippen LogP contribution in [0, 0.1) is 13.8 Å². The first-order valence-electron chi connectivity index (χ1n) is 8.78. The molecule has 1 aliphatic heterocycles. The van der Waals surface area contributed by atoms with Crippen LogP contribution in [0.1, 0.15) is 33.9 Å². The summed E-state index contributed by atoms with van der Waals surface area (Å²) in [6.07, 6.45) is -0.211. The number of benzene rings is 1. The molecule has 8 heteroatoms. The van der Waals surface area contributed by atoms with Crippen LogP contribution in [0.4, 0.5) is 13.2 Å². The van der Waals surface area contributed by atoms with Crippen LogP contribution in [-0.4, -0.2) is 31.2 Å². The van der Waals surface area contributed by atoms with Crippen LogP contribution in [0.3, 0.4) is 0 Å². The summed E-state index contributed by atoms with van der Waals surface area (Å²) < 4.78 is 41.4. The lowest BCUT2D eigenvalue weighted by atomic mass is 10.0. The Labute approximate surface area is 154 Å². The van der Waals surface area contributed by atoms with Crippen LogP contribution in [-0.2, 0) is 25.7 Å². The highest BCUT2D eigenvalue weighted by molar-refractivity contribution is 5.41. The average Bonchev–Trinajstić information content (AvgIpc) is 3.22. The number of H-pyrrole nitrogens is 1. The molecule has 0 bridgehead atoms. The number of aromatic nitrogens is 4. The van der Waals surface area contributed by atoms with E-state index in [0.29, 0.717) is 25.2 Å². The van der Waals surface area contributed by atoms with Crippen molar-refractivity contribution in [3.63, 3.8) is 0 Å². The molecule has 1 aliphatic rings. The summed E-state index contributed by atoms with van der Waals surface area (Å²) in [5.41, 5.74) is 3.33. The summed E-state index contributed by atoms with van der Waals surface area (Å²) in [7, 11) is 0. The van der Waals surface area contributed by atoms with E-state index in [-0.39, 0.29) is 12.1 Å². The third-order valence-electron chi connectivity index (χ3n) is 5.11. The zero-order valence-electron chi connectivity index (χ0n) is 15.1. The summed E-state index contributed by atoms with van der Waals surface area (Å²) in [6, 6.07) is 6.14. The maximum Gasteiger partial charge on any atom is 0.435 e. The number of alkyl halides is 3. The first kappa shape index (κ1) is 17.8. The molecule has 0 amide bonds. The Kier molecular flexibility index (Phi) is 4.30. The molecule has 1 N–H and O–H groups in total. The molecule has 2 aromatic heterocycles. The van der Waals surface area contributed by atoms with E-state index in [4.69, 9.17) is 0 Å². The quantitative estimate of drug-likeness (QED) is 0.758. The standard InChI is InChI=1S/C19H20F3N5/c1-12-9-15(27-8-6-23-13(27)2)4-3-14(12)10-26-7-5-17-16(11-26)18(25-24-17)19(20,21)22/h3-4,6,8-9H,5,7,10-11H2,1-2H3,(H,24,25). The van der Waals surface area contributed by atoms with Crippen molar-refractivity contribution >= 4 is 0 Å². The fourth-order valence-corrected chi connectivity index (χ4v) is 3.62. The number of imidazole rings is 1. The van der Waals surface area contributed by atoms with Crippen molar-refractivity contribution in [1.29, 1.82) is 0 Å². The number of aromatic amines is 1. The zero-order valence-corrected chi connectivity index (χ0v) is 15.1. The lowest BCUT2D eigenvalue weighted by molar-refractivity contribution is -0.142. The van der Waals surface area contributed by atoms with Crippen molar-refractivity contribution in [2.45, 2.75) is 39.5 Å². The van der Waals surface area contributed by atoms with Gasteiger partial charge in [-0.15, -0.1) is 0 Å². The monoisotopic (exact) mass is 375 g/mol. The first-order chi connectivity index (χ1) is 12.8. The van der Waals surface area contributed by atoms with Crippen molar-refractivity contribution < 1.29 is 13.2 Å². The van der Waals surface area contributed by atoms with Crippen LogP contribution in [0.25, 0.3) is 5.69 Å². The fraction of sp³-hybridized carbons (Fsp3) is 0.368. The van der Waals surface area contributed by atoms with Crippen LogP contribution >= 0.6 is 0 Å². The smallest absolute Gasteiger partial charge is 0.304 e. The van der Waals surface area contributed by atoms with E-state index in [1.54, 1.807) is 6.20 Å². The SMILES string of the molecule is Cc1cc(-n2ccnc2C)ccc1CN1CCc2[nH]nc(C(F)(F)F)c2C1. The van der Waals surface area contributed by atoms with Crippen molar-refractivity contribution in [3.05, 3.63) is 64.5 Å². The van der Waals surface area contributed by atoms with E-state index < -0.39 is 11.9 Å². The van der Waals surface area contributed by atoms with Crippen LogP contribution in [0.5, 0.6) is 0 Å². The first-order valence-corrected chi connectivity index (χ1v) is 8.78. The van der Waals surface area contributed by atoms with E-state index in [1.165, 1.54) is 0 Å². The lowest BCUT2D eigenvalue weighted by Gasteiger charge is -2.28. The predicted octanol–water partition coefficient (Wildman–Crippen LogP) is 3.79. The Hall–Kier alpha value is -2.61. The van der Waals surface area contributed by atoms with Gasteiger partial charge in [-0.1, -0.05) is 6.07 Å². The summed E-state index contributed by atoms with van der Waals surface area (Å²) in [5, 5.41) is 6.04. The molecular weight excluding hydrogens is 355 g/mol. The van der Waals surface area contributed by atoms with Gasteiger partial charge in [0.05, 0.1) is 0 Å². The molecule has 0 fully saturated rings. The number of nitrogens with zero attached hydrogens (tertiary/aromatic N) is 4. The van der Waals surface area contributed by atoms with E-state index in [1.807, 2.05) is 41.6 Å². The van der Waals surface area contributed by atoms with Crippen LogP contribution in [0.2, 0.25) is 0 Å². The van der Waals surface area contributed by atoms with Gasteiger partial charge in [0.25, 0.3) is 0 Å². The van der Waals surface area contributed by atoms with E-state index in [9.17, 15) is 13.2 Å². The van der Waals surface area contributed by atoms with Crippen molar-refractivity contribution in [1.82, 2.24) is 24.6 Å². The molecule has 4 rings (SSSR count). The van der Waals surface area contributed by atoms with Crippen molar-refractivity contribution in [2.24, 2.45) is 0 Å². The summed E-state index contributed by atoms with van der Waals surface area (Å²) in [6.45, 7) is 5.53. The lowest BCUT2D eigenvalue weighted by Crippen LogP contribution is -2.31. The van der Waals surface area contributed by atoms with Crippen molar-refractivity contribution in [2.75, 3.05) is 6.54 Å². The number of halogens is 3. The topological polar surface area (TPSA) is 49.7 Å². The second-order valence-corrected chi connectivity index (χ2v) is 6.94. The molecule has 0 saturated carbocycles. The van der Waals surface area contributed by atoms with Gasteiger partial charge in [-0.3, -0.25) is 10.00 Å². The number of rotatable bonds is 3. The average molecular weight is 375 g/mol. The molecule has 0 spiro atoms. The largest absolute Gasteiger partial charge is 0.435 e. The minimum atomic E-state index is -4.42. The van der Waals surface area contributed by atoms with Gasteiger partial charge in [0.2, 0.25) is 0 Å². The minimum absolute atomic E-state index is 0.252. The number of aryl methyl sites for hydroxylation is 2. The third-order valence-corrected chi connectivity index (χ3v) is 5.11. The van der Waals surface area contributed by atoms with Crippen LogP contribution < -0.4 is 0 Å². The molecule has 0 atom stereocenters. The van der Waals surface area contributed by atoms with Gasteiger partial charge in [-0.05, 0) is 37.1 Å². The predicted molar refractivity (Wildman–Crippen MR) is 94.4 cm³/mol. The van der Waals surface area contributed by atoms with Crippen molar-refractivity contribution in [3.8, 4) is 5.69 Å². The maximum atomic E-state index is 13.1. The summed E-state index contributed by atoms with van der Waals surface area (Å²) in [5.74, 6) is 0.908. The van der Waals surface area contributed by atoms with Gasteiger partial charge in [0, 0.05) is 55.4 Å². The Balaban J connectivity index is 1.54. The fourth-order valence-electron chi connectivity index (χ4n) is 3.62. The molecule has 27 heavy (non-hydrogen) atoms. The van der Waals surface area contributed by atoms with Gasteiger partial charge in [0.15, 0.2) is 5.69 Å². The molecule has 0 saturated heterocycles. The van der Waals surface area contributed by atoms with Gasteiger partial charge in [-0.25, -0.2) is 4.98 Å². The van der Waals surface area contributed by atoms with Crippen LogP contribution in [0.15, 0.2) is 30.6 Å². The summed E-state index contributed by atoms with van der Waals surface area (Å²) in [4.78, 5) is 6.28. The highest BCUT2D eigenvalue weighted by atomic mass is 19.4. The Morgan fingerprint density at radius 1 is 1.22 bits per heavy atom. The van der Waals surface area contributed by atoms with Gasteiger partial charge in [-0.2, -0.15) is 18.3 Å². The number of hydrogen-bond donors (Lipinski definition) is 1.